The van der Waals surface area contributed by atoms with Crippen molar-refractivity contribution in [3.8, 4) is 11.5 Å². The molecule has 0 saturated carbocycles. The zero-order valence-corrected chi connectivity index (χ0v) is 14.0. The molecule has 1 aromatic carbocycles. The topological polar surface area (TPSA) is 47.6 Å². The monoisotopic (exact) mass is 343 g/mol. The van der Waals surface area contributed by atoms with Gasteiger partial charge in [0.05, 0.1) is 23.1 Å². The molecular formula is C14H14ClNO3S2. The van der Waals surface area contributed by atoms with Crippen molar-refractivity contribution in [3.05, 3.63) is 27.6 Å². The first-order valence-corrected chi connectivity index (χ1v) is 7.99. The Morgan fingerprint density at radius 2 is 2.05 bits per heavy atom. The summed E-state index contributed by atoms with van der Waals surface area (Å²) in [4.78, 5) is 12.2. The number of amides is 1. The van der Waals surface area contributed by atoms with Crippen LogP contribution in [0.4, 0.5) is 0 Å². The minimum absolute atomic E-state index is 0.201. The molecule has 21 heavy (non-hydrogen) atoms. The van der Waals surface area contributed by atoms with Crippen LogP contribution < -0.4 is 14.8 Å². The SMILES string of the molecule is CCOc1cc(C=C2SC(=S)NC2=O)cc(Cl)c1OCC. The van der Waals surface area contributed by atoms with Crippen molar-refractivity contribution in [2.75, 3.05) is 13.2 Å². The van der Waals surface area contributed by atoms with Crippen LogP contribution in [0, 0.1) is 0 Å². The van der Waals surface area contributed by atoms with E-state index in [-0.39, 0.29) is 5.91 Å². The van der Waals surface area contributed by atoms with E-state index in [1.54, 1.807) is 18.2 Å². The summed E-state index contributed by atoms with van der Waals surface area (Å²) in [7, 11) is 0. The molecule has 0 spiro atoms. The molecule has 112 valence electrons. The van der Waals surface area contributed by atoms with Crippen LogP contribution in [0.15, 0.2) is 17.0 Å². The Labute approximate surface area is 137 Å². The second kappa shape index (κ2) is 7.15. The number of thiocarbonyl (C=S) groups is 1. The second-order valence-electron chi connectivity index (χ2n) is 4.05. The summed E-state index contributed by atoms with van der Waals surface area (Å²) in [5.74, 6) is 0.875. The van der Waals surface area contributed by atoms with Crippen LogP contribution in [0.3, 0.4) is 0 Å². The number of ether oxygens (including phenoxy) is 2. The third kappa shape index (κ3) is 3.90. The summed E-state index contributed by atoms with van der Waals surface area (Å²) in [5, 5.41) is 3.02. The van der Waals surface area contributed by atoms with E-state index < -0.39 is 0 Å². The minimum atomic E-state index is -0.201. The summed E-state index contributed by atoms with van der Waals surface area (Å²) in [6.45, 7) is 4.75. The summed E-state index contributed by atoms with van der Waals surface area (Å²) in [6.07, 6.45) is 1.73. The van der Waals surface area contributed by atoms with E-state index in [0.717, 1.165) is 5.56 Å². The van der Waals surface area contributed by atoms with Crippen molar-refractivity contribution in [2.45, 2.75) is 13.8 Å². The number of thioether (sulfide) groups is 1. The van der Waals surface area contributed by atoms with Gasteiger partial charge in [0.1, 0.15) is 4.32 Å². The molecule has 1 aromatic rings. The van der Waals surface area contributed by atoms with E-state index in [0.29, 0.717) is 39.0 Å². The lowest BCUT2D eigenvalue weighted by atomic mass is 10.2. The van der Waals surface area contributed by atoms with Gasteiger partial charge in [-0.25, -0.2) is 0 Å². The smallest absolute Gasteiger partial charge is 0.263 e. The fraction of sp³-hybridized carbons (Fsp3) is 0.286. The van der Waals surface area contributed by atoms with E-state index >= 15 is 0 Å². The minimum Gasteiger partial charge on any atom is -0.490 e. The zero-order chi connectivity index (χ0) is 15.4. The maximum absolute atomic E-state index is 11.7. The molecule has 0 aliphatic carbocycles. The van der Waals surface area contributed by atoms with Gasteiger partial charge in [-0.05, 0) is 37.6 Å². The third-order valence-electron chi connectivity index (χ3n) is 2.56. The average Bonchev–Trinajstić information content (AvgIpc) is 2.72. The van der Waals surface area contributed by atoms with Gasteiger partial charge in [0.15, 0.2) is 11.5 Å². The third-order valence-corrected chi connectivity index (χ3v) is 4.00. The molecule has 1 aliphatic rings. The van der Waals surface area contributed by atoms with Gasteiger partial charge in [-0.1, -0.05) is 35.6 Å². The number of carbonyl (C=O) groups is 1. The lowest BCUT2D eigenvalue weighted by Gasteiger charge is -2.13. The Morgan fingerprint density at radius 1 is 1.33 bits per heavy atom. The van der Waals surface area contributed by atoms with E-state index in [9.17, 15) is 4.79 Å². The average molecular weight is 344 g/mol. The van der Waals surface area contributed by atoms with Crippen LogP contribution in [0.2, 0.25) is 5.02 Å². The van der Waals surface area contributed by atoms with E-state index in [2.05, 4.69) is 5.32 Å². The van der Waals surface area contributed by atoms with Gasteiger partial charge in [0, 0.05) is 0 Å². The molecule has 1 amide bonds. The molecular weight excluding hydrogens is 330 g/mol. The molecule has 0 radical (unpaired) electrons. The highest BCUT2D eigenvalue weighted by atomic mass is 35.5. The summed E-state index contributed by atoms with van der Waals surface area (Å²) in [6, 6.07) is 3.53. The molecule has 1 N–H and O–H groups in total. The van der Waals surface area contributed by atoms with Crippen molar-refractivity contribution in [2.24, 2.45) is 0 Å². The molecule has 0 aromatic heterocycles. The zero-order valence-electron chi connectivity index (χ0n) is 11.6. The Bertz CT molecular complexity index is 616. The van der Waals surface area contributed by atoms with Crippen LogP contribution in [0.1, 0.15) is 19.4 Å². The van der Waals surface area contributed by atoms with Crippen LogP contribution >= 0.6 is 35.6 Å². The normalized spacial score (nSPS) is 16.2. The molecule has 1 fully saturated rings. The van der Waals surface area contributed by atoms with Crippen LogP contribution in [-0.4, -0.2) is 23.4 Å². The highest BCUT2D eigenvalue weighted by molar-refractivity contribution is 8.26. The Balaban J connectivity index is 2.39. The predicted molar refractivity (Wildman–Crippen MR) is 90.1 cm³/mol. The Hall–Kier alpha value is -1.24. The molecule has 1 aliphatic heterocycles. The standard InChI is InChI=1S/C14H14ClNO3S2/c1-3-18-10-6-8(5-9(15)12(10)19-4-2)7-11-13(17)16-14(20)21-11/h5-7H,3-4H2,1-2H3,(H,16,17,20). The van der Waals surface area contributed by atoms with Crippen LogP contribution in [-0.2, 0) is 4.79 Å². The fourth-order valence-corrected chi connectivity index (χ4v) is 3.11. The van der Waals surface area contributed by atoms with Gasteiger partial charge in [0.25, 0.3) is 5.91 Å². The van der Waals surface area contributed by atoms with Crippen molar-refractivity contribution < 1.29 is 14.3 Å². The van der Waals surface area contributed by atoms with Gasteiger partial charge < -0.3 is 14.8 Å². The van der Waals surface area contributed by atoms with Gasteiger partial charge in [-0.2, -0.15) is 0 Å². The maximum atomic E-state index is 11.7. The number of hydrogen-bond acceptors (Lipinski definition) is 5. The van der Waals surface area contributed by atoms with Gasteiger partial charge in [-0.3, -0.25) is 4.79 Å². The number of carbonyl (C=O) groups excluding carboxylic acids is 1. The number of benzene rings is 1. The Kier molecular flexibility index (Phi) is 5.50. The predicted octanol–water partition coefficient (Wildman–Crippen LogP) is 3.63. The van der Waals surface area contributed by atoms with E-state index in [1.807, 2.05) is 13.8 Å². The maximum Gasteiger partial charge on any atom is 0.263 e. The molecule has 0 bridgehead atoms. The van der Waals surface area contributed by atoms with Crippen molar-refractivity contribution in [3.63, 3.8) is 0 Å². The molecule has 1 saturated heterocycles. The summed E-state index contributed by atoms with van der Waals surface area (Å²) < 4.78 is 11.5. The first-order valence-electron chi connectivity index (χ1n) is 6.39. The van der Waals surface area contributed by atoms with Gasteiger partial charge in [0.2, 0.25) is 0 Å². The van der Waals surface area contributed by atoms with Gasteiger partial charge >= 0.3 is 0 Å². The number of rotatable bonds is 5. The number of hydrogen-bond donors (Lipinski definition) is 1. The number of nitrogens with one attached hydrogen (secondary N) is 1. The lowest BCUT2D eigenvalue weighted by Crippen LogP contribution is -2.17. The van der Waals surface area contributed by atoms with Crippen molar-refractivity contribution in [1.82, 2.24) is 5.32 Å². The molecule has 2 rings (SSSR count). The van der Waals surface area contributed by atoms with E-state index in [4.69, 9.17) is 33.3 Å². The summed E-state index contributed by atoms with van der Waals surface area (Å²) in [5.41, 5.74) is 0.759. The van der Waals surface area contributed by atoms with Gasteiger partial charge in [-0.15, -0.1) is 0 Å². The molecule has 1 heterocycles. The first kappa shape index (κ1) is 16.1. The first-order chi connectivity index (χ1) is 10.0. The fourth-order valence-electron chi connectivity index (χ4n) is 1.79. The molecule has 0 atom stereocenters. The van der Waals surface area contributed by atoms with E-state index in [1.165, 1.54) is 11.8 Å². The van der Waals surface area contributed by atoms with Crippen molar-refractivity contribution in [1.29, 1.82) is 0 Å². The molecule has 4 nitrogen and oxygen atoms in total. The van der Waals surface area contributed by atoms with Crippen LogP contribution in [0.5, 0.6) is 11.5 Å². The number of halogens is 1. The largest absolute Gasteiger partial charge is 0.490 e. The second-order valence-corrected chi connectivity index (χ2v) is 6.17. The highest BCUT2D eigenvalue weighted by Gasteiger charge is 2.22. The highest BCUT2D eigenvalue weighted by Crippen LogP contribution is 2.38. The quantitative estimate of drug-likeness (QED) is 0.653. The van der Waals surface area contributed by atoms with Crippen LogP contribution in [0.25, 0.3) is 6.08 Å². The van der Waals surface area contributed by atoms with Crippen molar-refractivity contribution >= 4 is 51.9 Å². The summed E-state index contributed by atoms with van der Waals surface area (Å²) >= 11 is 12.4. The lowest BCUT2D eigenvalue weighted by molar-refractivity contribution is -0.115. The Morgan fingerprint density at radius 3 is 2.62 bits per heavy atom. The molecule has 7 heteroatoms. The molecule has 0 unspecified atom stereocenters.